The monoisotopic (exact) mass is 360 g/mol. The molecule has 1 aliphatic heterocycles. The highest BCUT2D eigenvalue weighted by molar-refractivity contribution is 5.93. The second kappa shape index (κ2) is 7.59. The maximum atomic E-state index is 12.5. The lowest BCUT2D eigenvalue weighted by molar-refractivity contribution is -0.117. The number of aliphatic hydroxyl groups is 1. The Kier molecular flexibility index (Phi) is 5.43. The lowest BCUT2D eigenvalue weighted by Crippen LogP contribution is -2.32. The molecule has 8 nitrogen and oxygen atoms in total. The van der Waals surface area contributed by atoms with Gasteiger partial charge in [-0.05, 0) is 40.2 Å². The average molecular weight is 360 g/mol. The van der Waals surface area contributed by atoms with Crippen molar-refractivity contribution in [3.05, 3.63) is 28.8 Å². The van der Waals surface area contributed by atoms with Crippen LogP contribution in [0.4, 0.5) is 5.69 Å². The van der Waals surface area contributed by atoms with E-state index in [4.69, 9.17) is 0 Å². The SMILES string of the molecule is CCn1nc(C)c(NC(=O)CN2C[C@@H](Cc3cc(C)[nH]n3)[C@H](O)C2)c1C. The highest BCUT2D eigenvalue weighted by Crippen LogP contribution is 2.22. The van der Waals surface area contributed by atoms with Crippen molar-refractivity contribution in [3.8, 4) is 0 Å². The highest BCUT2D eigenvalue weighted by Gasteiger charge is 2.32. The molecule has 2 atom stereocenters. The van der Waals surface area contributed by atoms with E-state index in [0.717, 1.165) is 35.0 Å². The van der Waals surface area contributed by atoms with Gasteiger partial charge in [0.1, 0.15) is 0 Å². The predicted octanol–water partition coefficient (Wildman–Crippen LogP) is 1.03. The summed E-state index contributed by atoms with van der Waals surface area (Å²) in [7, 11) is 0. The van der Waals surface area contributed by atoms with Crippen molar-refractivity contribution in [2.24, 2.45) is 5.92 Å². The Morgan fingerprint density at radius 3 is 2.77 bits per heavy atom. The Hall–Kier alpha value is -2.19. The maximum absolute atomic E-state index is 12.5. The van der Waals surface area contributed by atoms with Gasteiger partial charge in [0, 0.05) is 31.2 Å². The minimum Gasteiger partial charge on any atom is -0.391 e. The van der Waals surface area contributed by atoms with Crippen LogP contribution in [0.3, 0.4) is 0 Å². The standard InChI is InChI=1S/C18H28N6O2/c1-5-24-13(4)18(12(3)22-24)19-17(26)10-23-8-14(16(25)9-23)7-15-6-11(2)20-21-15/h6,14,16,25H,5,7-10H2,1-4H3,(H,19,26)(H,20,21)/t14-,16-/m1/s1. The average Bonchev–Trinajstić information content (AvgIpc) is 3.22. The molecule has 1 saturated heterocycles. The summed E-state index contributed by atoms with van der Waals surface area (Å²) in [5.74, 6) is 0.0205. The molecule has 1 fully saturated rings. The molecule has 142 valence electrons. The summed E-state index contributed by atoms with van der Waals surface area (Å²) < 4.78 is 1.88. The lowest BCUT2D eigenvalue weighted by Gasteiger charge is -2.15. The fourth-order valence-electron chi connectivity index (χ4n) is 3.69. The van der Waals surface area contributed by atoms with Crippen LogP contribution in [0.5, 0.6) is 0 Å². The van der Waals surface area contributed by atoms with Gasteiger partial charge in [-0.1, -0.05) is 0 Å². The van der Waals surface area contributed by atoms with Gasteiger partial charge in [-0.2, -0.15) is 10.2 Å². The second-order valence-electron chi connectivity index (χ2n) is 7.18. The molecular formula is C18H28N6O2. The van der Waals surface area contributed by atoms with E-state index < -0.39 is 6.10 Å². The topological polar surface area (TPSA) is 99.1 Å². The summed E-state index contributed by atoms with van der Waals surface area (Å²) in [5, 5.41) is 24.9. The van der Waals surface area contributed by atoms with E-state index in [1.807, 2.05) is 43.3 Å². The number of hydrogen-bond donors (Lipinski definition) is 3. The van der Waals surface area contributed by atoms with Crippen molar-refractivity contribution in [1.82, 2.24) is 24.9 Å². The zero-order valence-corrected chi connectivity index (χ0v) is 15.9. The Balaban J connectivity index is 1.56. The van der Waals surface area contributed by atoms with Crippen LogP contribution in [0.25, 0.3) is 0 Å². The zero-order chi connectivity index (χ0) is 18.8. The van der Waals surface area contributed by atoms with Crippen LogP contribution in [-0.4, -0.2) is 61.6 Å². The molecule has 0 unspecified atom stereocenters. The number of likely N-dealkylation sites (tertiary alicyclic amines) is 1. The number of rotatable bonds is 6. The molecule has 1 aliphatic rings. The van der Waals surface area contributed by atoms with Gasteiger partial charge in [0.05, 0.1) is 35.4 Å². The summed E-state index contributed by atoms with van der Waals surface area (Å²) in [4.78, 5) is 14.5. The molecule has 0 aliphatic carbocycles. The summed E-state index contributed by atoms with van der Waals surface area (Å²) in [6, 6.07) is 2.00. The van der Waals surface area contributed by atoms with E-state index in [1.165, 1.54) is 0 Å². The molecular weight excluding hydrogens is 332 g/mol. The fourth-order valence-corrected chi connectivity index (χ4v) is 3.69. The minimum absolute atomic E-state index is 0.0738. The van der Waals surface area contributed by atoms with Crippen molar-refractivity contribution in [1.29, 1.82) is 0 Å². The molecule has 3 heterocycles. The van der Waals surface area contributed by atoms with Gasteiger partial charge in [0.25, 0.3) is 0 Å². The largest absolute Gasteiger partial charge is 0.391 e. The van der Waals surface area contributed by atoms with Gasteiger partial charge >= 0.3 is 0 Å². The number of nitrogens with zero attached hydrogens (tertiary/aromatic N) is 4. The number of aliphatic hydroxyl groups excluding tert-OH is 1. The van der Waals surface area contributed by atoms with Crippen molar-refractivity contribution in [3.63, 3.8) is 0 Å². The highest BCUT2D eigenvalue weighted by atomic mass is 16.3. The number of aryl methyl sites for hydroxylation is 3. The molecule has 2 aromatic rings. The van der Waals surface area contributed by atoms with E-state index in [2.05, 4.69) is 20.6 Å². The van der Waals surface area contributed by atoms with Crippen molar-refractivity contribution >= 4 is 11.6 Å². The summed E-state index contributed by atoms with van der Waals surface area (Å²) in [6.07, 6.45) is 0.275. The summed E-state index contributed by atoms with van der Waals surface area (Å²) in [5.41, 5.74) is 4.55. The number of carbonyl (C=O) groups excluding carboxylic acids is 1. The fraction of sp³-hybridized carbons (Fsp3) is 0.611. The lowest BCUT2D eigenvalue weighted by atomic mass is 10.0. The number of amides is 1. The van der Waals surface area contributed by atoms with Crippen molar-refractivity contribution in [2.45, 2.75) is 46.8 Å². The van der Waals surface area contributed by atoms with Crippen LogP contribution in [0.1, 0.15) is 29.7 Å². The molecule has 2 aromatic heterocycles. The molecule has 0 radical (unpaired) electrons. The number of H-pyrrole nitrogens is 1. The number of nitrogens with one attached hydrogen (secondary N) is 2. The third-order valence-corrected chi connectivity index (χ3v) is 5.03. The Labute approximate surface area is 153 Å². The third kappa shape index (κ3) is 3.96. The predicted molar refractivity (Wildman–Crippen MR) is 99.0 cm³/mol. The van der Waals surface area contributed by atoms with E-state index in [0.29, 0.717) is 19.5 Å². The normalized spacial score (nSPS) is 20.7. The van der Waals surface area contributed by atoms with Crippen molar-refractivity contribution < 1.29 is 9.90 Å². The minimum atomic E-state index is -0.439. The molecule has 0 spiro atoms. The van der Waals surface area contributed by atoms with Crippen LogP contribution >= 0.6 is 0 Å². The van der Waals surface area contributed by atoms with Crippen LogP contribution in [0, 0.1) is 26.7 Å². The first-order chi connectivity index (χ1) is 12.4. The summed E-state index contributed by atoms with van der Waals surface area (Å²) in [6.45, 7) is 10.1. The molecule has 0 saturated carbocycles. The molecule has 3 rings (SSSR count). The zero-order valence-electron chi connectivity index (χ0n) is 15.9. The Morgan fingerprint density at radius 2 is 2.15 bits per heavy atom. The van der Waals surface area contributed by atoms with Crippen LogP contribution in [0.2, 0.25) is 0 Å². The molecule has 0 bridgehead atoms. The van der Waals surface area contributed by atoms with Gasteiger partial charge < -0.3 is 10.4 Å². The molecule has 0 aromatic carbocycles. The van der Waals surface area contributed by atoms with Gasteiger partial charge in [0.15, 0.2) is 0 Å². The number of β-amino-alcohol motifs (C(OH)–C–C–N with tert-alkyl or cyclic N) is 1. The van der Waals surface area contributed by atoms with Gasteiger partial charge in [-0.3, -0.25) is 19.5 Å². The van der Waals surface area contributed by atoms with Crippen LogP contribution in [-0.2, 0) is 17.8 Å². The van der Waals surface area contributed by atoms with Crippen molar-refractivity contribution in [2.75, 3.05) is 25.0 Å². The van der Waals surface area contributed by atoms with Gasteiger partial charge in [-0.25, -0.2) is 0 Å². The number of aromatic amines is 1. The van der Waals surface area contributed by atoms with Gasteiger partial charge in [-0.15, -0.1) is 0 Å². The number of hydrogen-bond acceptors (Lipinski definition) is 5. The van der Waals surface area contributed by atoms with E-state index >= 15 is 0 Å². The van der Waals surface area contributed by atoms with E-state index in [9.17, 15) is 9.90 Å². The van der Waals surface area contributed by atoms with Gasteiger partial charge in [0.2, 0.25) is 5.91 Å². The molecule has 1 amide bonds. The second-order valence-corrected chi connectivity index (χ2v) is 7.18. The first-order valence-electron chi connectivity index (χ1n) is 9.12. The smallest absolute Gasteiger partial charge is 0.238 e. The Bertz CT molecular complexity index is 781. The number of aromatic nitrogens is 4. The quantitative estimate of drug-likeness (QED) is 0.714. The van der Waals surface area contributed by atoms with Crippen LogP contribution in [0.15, 0.2) is 6.07 Å². The Morgan fingerprint density at radius 1 is 1.38 bits per heavy atom. The first-order valence-corrected chi connectivity index (χ1v) is 9.12. The molecule has 3 N–H and O–H groups in total. The maximum Gasteiger partial charge on any atom is 0.238 e. The van der Waals surface area contributed by atoms with E-state index in [-0.39, 0.29) is 18.4 Å². The first kappa shape index (κ1) is 18.6. The van der Waals surface area contributed by atoms with E-state index in [1.54, 1.807) is 0 Å². The number of anilines is 1. The van der Waals surface area contributed by atoms with Crippen LogP contribution < -0.4 is 5.32 Å². The summed E-state index contributed by atoms with van der Waals surface area (Å²) >= 11 is 0. The molecule has 8 heteroatoms. The molecule has 26 heavy (non-hydrogen) atoms. The number of carbonyl (C=O) groups is 1. The third-order valence-electron chi connectivity index (χ3n) is 5.03.